The molecule has 0 aliphatic heterocycles. The normalized spacial score (nSPS) is 13.0. The van der Waals surface area contributed by atoms with Gasteiger partial charge in [0.2, 0.25) is 5.91 Å². The van der Waals surface area contributed by atoms with E-state index in [9.17, 15) is 9.59 Å². The van der Waals surface area contributed by atoms with Gasteiger partial charge in [0.05, 0.1) is 18.7 Å². The van der Waals surface area contributed by atoms with Crippen LogP contribution in [-0.2, 0) is 11.2 Å². The summed E-state index contributed by atoms with van der Waals surface area (Å²) in [6, 6.07) is 13.4. The number of nitrogens with zero attached hydrogens (tertiary/aromatic N) is 1. The second kappa shape index (κ2) is 9.31. The molecule has 1 saturated carbocycles. The smallest absolute Gasteiger partial charge is 0.251 e. The highest BCUT2D eigenvalue weighted by Gasteiger charge is 2.24. The highest BCUT2D eigenvalue weighted by Crippen LogP contribution is 2.26. The predicted octanol–water partition coefficient (Wildman–Crippen LogP) is 4.59. The standard InChI is InChI=1S/C24H25N3O3S/c1-3-30-20-10-6-16(7-11-20)24-26-19(14-31-24)13-22(28)27-21-12-17(5-4-15(21)2)23(29)25-18-8-9-18/h4-7,10-12,14,18H,3,8-9,13H2,1-2H3,(H,25,29)(H,27,28). The van der Waals surface area contributed by atoms with E-state index in [0.717, 1.165) is 34.7 Å². The molecule has 4 rings (SSSR count). The van der Waals surface area contributed by atoms with Crippen molar-refractivity contribution in [2.45, 2.75) is 39.2 Å². The van der Waals surface area contributed by atoms with Crippen LogP contribution in [0.25, 0.3) is 10.6 Å². The summed E-state index contributed by atoms with van der Waals surface area (Å²) in [7, 11) is 0. The van der Waals surface area contributed by atoms with Gasteiger partial charge in [0.15, 0.2) is 0 Å². The Kier molecular flexibility index (Phi) is 6.32. The highest BCUT2D eigenvalue weighted by molar-refractivity contribution is 7.13. The fourth-order valence-electron chi connectivity index (χ4n) is 3.13. The number of hydrogen-bond acceptors (Lipinski definition) is 5. The second-order valence-electron chi connectivity index (χ2n) is 7.60. The van der Waals surface area contributed by atoms with Crippen LogP contribution in [0.1, 0.15) is 41.4 Å². The monoisotopic (exact) mass is 435 g/mol. The predicted molar refractivity (Wildman–Crippen MR) is 123 cm³/mol. The lowest BCUT2D eigenvalue weighted by Gasteiger charge is -2.10. The number of hydrogen-bond donors (Lipinski definition) is 2. The first-order valence-corrected chi connectivity index (χ1v) is 11.3. The van der Waals surface area contributed by atoms with Gasteiger partial charge in [0.25, 0.3) is 5.91 Å². The molecule has 0 spiro atoms. The first-order chi connectivity index (χ1) is 15.0. The van der Waals surface area contributed by atoms with E-state index in [2.05, 4.69) is 15.6 Å². The van der Waals surface area contributed by atoms with Crippen molar-refractivity contribution in [3.8, 4) is 16.3 Å². The Balaban J connectivity index is 1.39. The molecule has 0 atom stereocenters. The molecule has 2 aromatic carbocycles. The van der Waals surface area contributed by atoms with Crippen LogP contribution in [0, 0.1) is 6.92 Å². The molecule has 1 heterocycles. The Hall–Kier alpha value is -3.19. The minimum atomic E-state index is -0.161. The van der Waals surface area contributed by atoms with Crippen molar-refractivity contribution in [3.05, 3.63) is 64.7 Å². The molecule has 1 fully saturated rings. The van der Waals surface area contributed by atoms with Crippen molar-refractivity contribution in [2.75, 3.05) is 11.9 Å². The first-order valence-electron chi connectivity index (χ1n) is 10.4. The lowest BCUT2D eigenvalue weighted by molar-refractivity contribution is -0.115. The van der Waals surface area contributed by atoms with E-state index in [-0.39, 0.29) is 18.2 Å². The SMILES string of the molecule is CCOc1ccc(-c2nc(CC(=O)Nc3cc(C(=O)NC4CC4)ccc3C)cs2)cc1. The highest BCUT2D eigenvalue weighted by atomic mass is 32.1. The minimum absolute atomic E-state index is 0.0995. The van der Waals surface area contributed by atoms with E-state index in [4.69, 9.17) is 4.74 Å². The van der Waals surface area contributed by atoms with Gasteiger partial charge in [0, 0.05) is 28.2 Å². The molecule has 0 unspecified atom stereocenters. The number of nitrogens with one attached hydrogen (secondary N) is 2. The van der Waals surface area contributed by atoms with E-state index in [1.165, 1.54) is 11.3 Å². The van der Waals surface area contributed by atoms with E-state index >= 15 is 0 Å². The number of benzene rings is 2. The fourth-order valence-corrected chi connectivity index (χ4v) is 3.96. The molecular formula is C24H25N3O3S. The average molecular weight is 436 g/mol. The van der Waals surface area contributed by atoms with Crippen molar-refractivity contribution >= 4 is 28.8 Å². The van der Waals surface area contributed by atoms with Crippen LogP contribution < -0.4 is 15.4 Å². The third-order valence-corrected chi connectivity index (χ3v) is 5.93. The third kappa shape index (κ3) is 5.49. The number of aryl methyl sites for hydroxylation is 1. The van der Waals surface area contributed by atoms with Crippen LogP contribution in [0.15, 0.2) is 47.8 Å². The topological polar surface area (TPSA) is 80.3 Å². The number of ether oxygens (including phenoxy) is 1. The van der Waals surface area contributed by atoms with E-state index < -0.39 is 0 Å². The van der Waals surface area contributed by atoms with Crippen LogP contribution in [0.5, 0.6) is 5.75 Å². The molecule has 3 aromatic rings. The Morgan fingerprint density at radius 3 is 2.65 bits per heavy atom. The molecule has 160 valence electrons. The molecule has 1 aromatic heterocycles. The molecule has 0 saturated heterocycles. The summed E-state index contributed by atoms with van der Waals surface area (Å²) in [5, 5.41) is 8.66. The van der Waals surface area contributed by atoms with Crippen LogP contribution in [0.2, 0.25) is 0 Å². The summed E-state index contributed by atoms with van der Waals surface area (Å²) in [6.45, 7) is 4.49. The molecule has 6 nitrogen and oxygen atoms in total. The number of aromatic nitrogens is 1. The van der Waals surface area contributed by atoms with E-state index in [0.29, 0.717) is 29.6 Å². The Labute approximate surface area is 185 Å². The number of thiazole rings is 1. The summed E-state index contributed by atoms with van der Waals surface area (Å²) in [5.74, 6) is 0.565. The quantitative estimate of drug-likeness (QED) is 0.542. The Bertz CT molecular complexity index is 1090. The largest absolute Gasteiger partial charge is 0.494 e. The average Bonchev–Trinajstić information content (AvgIpc) is 3.45. The number of carbonyl (C=O) groups excluding carboxylic acids is 2. The van der Waals surface area contributed by atoms with Gasteiger partial charge in [-0.05, 0) is 68.7 Å². The van der Waals surface area contributed by atoms with Crippen LogP contribution in [0.4, 0.5) is 5.69 Å². The molecule has 2 amide bonds. The third-order valence-electron chi connectivity index (χ3n) is 4.99. The molecule has 1 aliphatic rings. The number of carbonyl (C=O) groups is 2. The zero-order chi connectivity index (χ0) is 21.8. The van der Waals surface area contributed by atoms with Crippen molar-refractivity contribution in [1.29, 1.82) is 0 Å². The summed E-state index contributed by atoms with van der Waals surface area (Å²) in [6.07, 6.45) is 2.24. The van der Waals surface area contributed by atoms with E-state index in [1.54, 1.807) is 12.1 Å². The van der Waals surface area contributed by atoms with Crippen molar-refractivity contribution in [3.63, 3.8) is 0 Å². The summed E-state index contributed by atoms with van der Waals surface area (Å²) in [5.41, 5.74) is 3.82. The van der Waals surface area contributed by atoms with Crippen molar-refractivity contribution in [2.24, 2.45) is 0 Å². The maximum absolute atomic E-state index is 12.6. The number of rotatable bonds is 8. The first kappa shape index (κ1) is 21.1. The zero-order valence-corrected chi connectivity index (χ0v) is 18.4. The molecule has 0 bridgehead atoms. The molecule has 7 heteroatoms. The van der Waals surface area contributed by atoms with Gasteiger partial charge < -0.3 is 15.4 Å². The van der Waals surface area contributed by atoms with Crippen molar-refractivity contribution in [1.82, 2.24) is 10.3 Å². The summed E-state index contributed by atoms with van der Waals surface area (Å²) >= 11 is 1.51. The van der Waals surface area contributed by atoms with Crippen LogP contribution in [0.3, 0.4) is 0 Å². The summed E-state index contributed by atoms with van der Waals surface area (Å²) in [4.78, 5) is 29.5. The van der Waals surface area contributed by atoms with Crippen LogP contribution >= 0.6 is 11.3 Å². The number of anilines is 1. The zero-order valence-electron chi connectivity index (χ0n) is 17.6. The Morgan fingerprint density at radius 2 is 1.94 bits per heavy atom. The van der Waals surface area contributed by atoms with Gasteiger partial charge in [-0.3, -0.25) is 9.59 Å². The fraction of sp³-hybridized carbons (Fsp3) is 0.292. The van der Waals surface area contributed by atoms with Gasteiger partial charge >= 0.3 is 0 Å². The summed E-state index contributed by atoms with van der Waals surface area (Å²) < 4.78 is 5.47. The van der Waals surface area contributed by atoms with Gasteiger partial charge in [0.1, 0.15) is 10.8 Å². The molecular weight excluding hydrogens is 410 g/mol. The van der Waals surface area contributed by atoms with Gasteiger partial charge in [-0.2, -0.15) is 0 Å². The second-order valence-corrected chi connectivity index (χ2v) is 8.46. The molecule has 1 aliphatic carbocycles. The van der Waals surface area contributed by atoms with E-state index in [1.807, 2.05) is 49.6 Å². The maximum Gasteiger partial charge on any atom is 0.251 e. The molecule has 2 N–H and O–H groups in total. The van der Waals surface area contributed by atoms with Gasteiger partial charge in [-0.25, -0.2) is 4.98 Å². The minimum Gasteiger partial charge on any atom is -0.494 e. The lowest BCUT2D eigenvalue weighted by Crippen LogP contribution is -2.25. The van der Waals surface area contributed by atoms with Crippen LogP contribution in [-0.4, -0.2) is 29.4 Å². The van der Waals surface area contributed by atoms with Crippen molar-refractivity contribution < 1.29 is 14.3 Å². The maximum atomic E-state index is 12.6. The Morgan fingerprint density at radius 1 is 1.16 bits per heavy atom. The van der Waals surface area contributed by atoms with Gasteiger partial charge in [-0.1, -0.05) is 6.07 Å². The van der Waals surface area contributed by atoms with Gasteiger partial charge in [-0.15, -0.1) is 11.3 Å². The molecule has 0 radical (unpaired) electrons. The number of amides is 2. The lowest BCUT2D eigenvalue weighted by atomic mass is 10.1. The molecule has 31 heavy (non-hydrogen) atoms.